The van der Waals surface area contributed by atoms with E-state index in [1.807, 2.05) is 4.90 Å². The van der Waals surface area contributed by atoms with Crippen molar-refractivity contribution in [3.05, 3.63) is 0 Å². The minimum absolute atomic E-state index is 0. The van der Waals surface area contributed by atoms with Crippen molar-refractivity contribution < 1.29 is 19.1 Å². The fourth-order valence-electron chi connectivity index (χ4n) is 4.06. The average Bonchev–Trinajstić information content (AvgIpc) is 2.65. The van der Waals surface area contributed by atoms with Crippen LogP contribution in [-0.2, 0) is 19.1 Å². The fourth-order valence-corrected chi connectivity index (χ4v) is 4.06. The normalized spacial score (nSPS) is 28.3. The van der Waals surface area contributed by atoms with E-state index in [4.69, 9.17) is 15.2 Å². The Bertz CT molecular complexity index is 458. The van der Waals surface area contributed by atoms with Crippen LogP contribution in [0, 0.1) is 11.8 Å². The summed E-state index contributed by atoms with van der Waals surface area (Å²) in [5.74, 6) is 0.886. The van der Waals surface area contributed by atoms with E-state index < -0.39 is 0 Å². The third kappa shape index (κ3) is 7.56. The van der Waals surface area contributed by atoms with Crippen LogP contribution in [0.1, 0.15) is 45.4 Å². The molecular weight excluding hydrogens is 370 g/mol. The first kappa shape index (κ1) is 24.1. The minimum atomic E-state index is -0.0934. The van der Waals surface area contributed by atoms with E-state index in [0.29, 0.717) is 25.7 Å². The highest BCUT2D eigenvalue weighted by Gasteiger charge is 2.35. The second-order valence-corrected chi connectivity index (χ2v) is 7.71. The molecule has 1 aliphatic heterocycles. The van der Waals surface area contributed by atoms with Crippen molar-refractivity contribution in [2.24, 2.45) is 17.6 Å². The minimum Gasteiger partial charge on any atom is -0.382 e. The molecule has 0 aromatic rings. The Hall–Kier alpha value is -0.890. The molecule has 2 amide bonds. The van der Waals surface area contributed by atoms with E-state index in [0.717, 1.165) is 45.1 Å². The van der Waals surface area contributed by atoms with Crippen molar-refractivity contribution >= 4 is 24.2 Å². The molecule has 3 N–H and O–H groups in total. The van der Waals surface area contributed by atoms with Gasteiger partial charge in [0.05, 0.1) is 13.2 Å². The number of piperidine rings is 1. The van der Waals surface area contributed by atoms with Crippen LogP contribution in [0.25, 0.3) is 0 Å². The maximum Gasteiger partial charge on any atom is 0.246 e. The van der Waals surface area contributed by atoms with E-state index >= 15 is 0 Å². The predicted molar refractivity (Wildman–Crippen MR) is 107 cm³/mol. The molecule has 0 aromatic heterocycles. The molecule has 158 valence electrons. The lowest BCUT2D eigenvalue weighted by molar-refractivity contribution is -0.141. The van der Waals surface area contributed by atoms with E-state index in [1.54, 1.807) is 7.11 Å². The van der Waals surface area contributed by atoms with Crippen molar-refractivity contribution in [2.75, 3.05) is 40.0 Å². The predicted octanol–water partition coefficient (Wildman–Crippen LogP) is 1.33. The van der Waals surface area contributed by atoms with Gasteiger partial charge in [-0.1, -0.05) is 6.92 Å². The molecule has 2 fully saturated rings. The molecule has 1 heterocycles. The molecule has 7 nitrogen and oxygen atoms in total. The van der Waals surface area contributed by atoms with Crippen LogP contribution in [0.2, 0.25) is 0 Å². The van der Waals surface area contributed by atoms with Crippen LogP contribution in [-0.4, -0.2) is 68.8 Å². The van der Waals surface area contributed by atoms with Gasteiger partial charge in [0, 0.05) is 38.2 Å². The number of rotatable bonds is 8. The Balaban J connectivity index is 0.00000364. The average molecular weight is 406 g/mol. The first-order valence-corrected chi connectivity index (χ1v) is 9.91. The number of hydrogen-bond acceptors (Lipinski definition) is 5. The summed E-state index contributed by atoms with van der Waals surface area (Å²) >= 11 is 0. The number of nitrogens with zero attached hydrogens (tertiary/aromatic N) is 1. The Kier molecular flexibility index (Phi) is 11.2. The number of carbonyl (C=O) groups is 2. The third-order valence-electron chi connectivity index (χ3n) is 5.64. The van der Waals surface area contributed by atoms with Gasteiger partial charge in [0.1, 0.15) is 6.61 Å². The molecule has 2 rings (SSSR count). The smallest absolute Gasteiger partial charge is 0.246 e. The van der Waals surface area contributed by atoms with Gasteiger partial charge in [-0.25, -0.2) is 0 Å². The molecule has 0 aromatic carbocycles. The molecule has 8 heteroatoms. The Labute approximate surface area is 169 Å². The molecule has 1 saturated heterocycles. The van der Waals surface area contributed by atoms with Gasteiger partial charge in [0.25, 0.3) is 0 Å². The van der Waals surface area contributed by atoms with Crippen LogP contribution in [0.3, 0.4) is 0 Å². The van der Waals surface area contributed by atoms with Gasteiger partial charge in [-0.2, -0.15) is 0 Å². The maximum absolute atomic E-state index is 12.9. The zero-order valence-corrected chi connectivity index (χ0v) is 17.5. The summed E-state index contributed by atoms with van der Waals surface area (Å²) in [6, 6.07) is 0.331. The second-order valence-electron chi connectivity index (χ2n) is 7.71. The quantitative estimate of drug-likeness (QED) is 0.594. The molecule has 27 heavy (non-hydrogen) atoms. The number of ether oxygens (including phenoxy) is 2. The molecule has 2 aliphatic rings. The molecule has 2 unspecified atom stereocenters. The van der Waals surface area contributed by atoms with Gasteiger partial charge in [-0.05, 0) is 44.4 Å². The molecular formula is C19H36ClN3O4. The Morgan fingerprint density at radius 2 is 1.85 bits per heavy atom. The van der Waals surface area contributed by atoms with Crippen LogP contribution in [0.5, 0.6) is 0 Å². The standard InChI is InChI=1S/C19H35N3O4.ClH/c1-14-7-8-22(17(11-14)12-20)19(24)15-3-5-16(6-4-15)21-18(23)13-26-10-9-25-2;/h14-17H,3-13,20H2,1-2H3,(H,21,23);1H. The lowest BCUT2D eigenvalue weighted by Crippen LogP contribution is -2.52. The summed E-state index contributed by atoms with van der Waals surface area (Å²) < 4.78 is 10.1. The summed E-state index contributed by atoms with van der Waals surface area (Å²) in [6.07, 6.45) is 5.43. The first-order chi connectivity index (χ1) is 12.5. The number of likely N-dealkylation sites (tertiary alicyclic amines) is 1. The van der Waals surface area contributed by atoms with Crippen molar-refractivity contribution in [1.29, 1.82) is 0 Å². The fraction of sp³-hybridized carbons (Fsp3) is 0.895. The zero-order valence-electron chi connectivity index (χ0n) is 16.7. The molecule has 1 aliphatic carbocycles. The van der Waals surface area contributed by atoms with Crippen molar-refractivity contribution in [3.8, 4) is 0 Å². The molecule has 0 bridgehead atoms. The Morgan fingerprint density at radius 1 is 1.15 bits per heavy atom. The van der Waals surface area contributed by atoms with Gasteiger partial charge >= 0.3 is 0 Å². The van der Waals surface area contributed by atoms with Gasteiger partial charge in [0.15, 0.2) is 0 Å². The van der Waals surface area contributed by atoms with E-state index in [2.05, 4.69) is 12.2 Å². The van der Waals surface area contributed by atoms with E-state index in [1.165, 1.54) is 0 Å². The topological polar surface area (TPSA) is 93.9 Å². The number of amides is 2. The number of nitrogens with one attached hydrogen (secondary N) is 1. The lowest BCUT2D eigenvalue weighted by atomic mass is 9.83. The largest absolute Gasteiger partial charge is 0.382 e. The molecule has 2 atom stereocenters. The maximum atomic E-state index is 12.9. The van der Waals surface area contributed by atoms with Crippen LogP contribution in [0.4, 0.5) is 0 Å². The van der Waals surface area contributed by atoms with Crippen LogP contribution < -0.4 is 11.1 Å². The van der Waals surface area contributed by atoms with E-state index in [9.17, 15) is 9.59 Å². The van der Waals surface area contributed by atoms with E-state index in [-0.39, 0.29) is 48.8 Å². The van der Waals surface area contributed by atoms with Gasteiger partial charge < -0.3 is 25.4 Å². The third-order valence-corrected chi connectivity index (χ3v) is 5.64. The van der Waals surface area contributed by atoms with Crippen molar-refractivity contribution in [3.63, 3.8) is 0 Å². The molecule has 1 saturated carbocycles. The highest BCUT2D eigenvalue weighted by molar-refractivity contribution is 5.85. The van der Waals surface area contributed by atoms with Gasteiger partial charge in [-0.3, -0.25) is 9.59 Å². The highest BCUT2D eigenvalue weighted by Crippen LogP contribution is 2.30. The van der Waals surface area contributed by atoms with Crippen LogP contribution >= 0.6 is 12.4 Å². The Morgan fingerprint density at radius 3 is 2.48 bits per heavy atom. The number of hydrogen-bond donors (Lipinski definition) is 2. The first-order valence-electron chi connectivity index (χ1n) is 9.91. The number of carbonyl (C=O) groups excluding carboxylic acids is 2. The van der Waals surface area contributed by atoms with Gasteiger partial charge in [-0.15, -0.1) is 12.4 Å². The zero-order chi connectivity index (χ0) is 18.9. The molecule has 0 spiro atoms. The van der Waals surface area contributed by atoms with Crippen LogP contribution in [0.15, 0.2) is 0 Å². The summed E-state index contributed by atoms with van der Waals surface area (Å²) in [5, 5.41) is 3.01. The SMILES string of the molecule is COCCOCC(=O)NC1CCC(C(=O)N2CCC(C)CC2CN)CC1.Cl. The van der Waals surface area contributed by atoms with Crippen molar-refractivity contribution in [2.45, 2.75) is 57.5 Å². The highest BCUT2D eigenvalue weighted by atomic mass is 35.5. The number of halogens is 1. The number of methoxy groups -OCH3 is 1. The molecule has 0 radical (unpaired) electrons. The van der Waals surface area contributed by atoms with Gasteiger partial charge in [0.2, 0.25) is 11.8 Å². The summed E-state index contributed by atoms with van der Waals surface area (Å²) in [5.41, 5.74) is 5.90. The number of nitrogens with two attached hydrogens (primary N) is 1. The second kappa shape index (κ2) is 12.5. The summed E-state index contributed by atoms with van der Waals surface area (Å²) in [7, 11) is 1.60. The summed E-state index contributed by atoms with van der Waals surface area (Å²) in [6.45, 7) is 4.58. The van der Waals surface area contributed by atoms with Crippen molar-refractivity contribution in [1.82, 2.24) is 10.2 Å². The monoisotopic (exact) mass is 405 g/mol. The lowest BCUT2D eigenvalue weighted by Gasteiger charge is -2.41. The summed E-state index contributed by atoms with van der Waals surface area (Å²) in [4.78, 5) is 26.8.